The van der Waals surface area contributed by atoms with E-state index in [1.165, 1.54) is 25.9 Å². The summed E-state index contributed by atoms with van der Waals surface area (Å²) < 4.78 is 38.4. The number of nitrogens with zero attached hydrogens (tertiary/aromatic N) is 2. The van der Waals surface area contributed by atoms with Crippen LogP contribution in [0.4, 0.5) is 0 Å². The molecule has 2 atom stereocenters. The molecule has 132 valence electrons. The molecule has 0 radical (unpaired) electrons. The molecule has 0 bridgehead atoms. The van der Waals surface area contributed by atoms with Gasteiger partial charge in [-0.1, -0.05) is 0 Å². The third kappa shape index (κ3) is 3.44. The van der Waals surface area contributed by atoms with E-state index in [1.807, 2.05) is 0 Å². The molecule has 0 N–H and O–H groups in total. The van der Waals surface area contributed by atoms with E-state index >= 15 is 0 Å². The highest BCUT2D eigenvalue weighted by atomic mass is 32.2. The summed E-state index contributed by atoms with van der Waals surface area (Å²) in [6.07, 6.45) is 6.04. The minimum atomic E-state index is -3.07. The van der Waals surface area contributed by atoms with Gasteiger partial charge in [-0.05, 0) is 45.2 Å². The van der Waals surface area contributed by atoms with Gasteiger partial charge in [0.25, 0.3) is 0 Å². The molecule has 1 aliphatic carbocycles. The molecule has 4 aliphatic rings. The van der Waals surface area contributed by atoms with Crippen LogP contribution < -0.4 is 0 Å². The molecule has 0 aromatic heterocycles. The standard InChI is InChI=1S/C16H28N2O4S/c19-23(20,15-3-4-15)18-8-5-16(13-18)11-14(12-22-16)21-10-9-17-6-1-2-7-17/h14-15H,1-13H2/t14-,16+/m1/s1. The first-order valence-corrected chi connectivity index (χ1v) is 10.5. The van der Waals surface area contributed by atoms with Crippen molar-refractivity contribution in [3.63, 3.8) is 0 Å². The van der Waals surface area contributed by atoms with Gasteiger partial charge in [-0.25, -0.2) is 8.42 Å². The molecule has 3 aliphatic heterocycles. The number of hydrogen-bond acceptors (Lipinski definition) is 5. The number of likely N-dealkylation sites (tertiary alicyclic amines) is 1. The van der Waals surface area contributed by atoms with E-state index in [-0.39, 0.29) is 17.0 Å². The van der Waals surface area contributed by atoms with Gasteiger partial charge in [0, 0.05) is 26.1 Å². The first-order valence-electron chi connectivity index (χ1n) is 9.04. The van der Waals surface area contributed by atoms with Gasteiger partial charge in [-0.2, -0.15) is 4.31 Å². The van der Waals surface area contributed by atoms with Crippen LogP contribution in [-0.2, 0) is 19.5 Å². The zero-order valence-electron chi connectivity index (χ0n) is 13.8. The molecule has 3 heterocycles. The Kier molecular flexibility index (Phi) is 4.43. The Morgan fingerprint density at radius 2 is 1.96 bits per heavy atom. The topological polar surface area (TPSA) is 59.1 Å². The van der Waals surface area contributed by atoms with Crippen molar-refractivity contribution in [1.29, 1.82) is 0 Å². The monoisotopic (exact) mass is 344 g/mol. The fraction of sp³-hybridized carbons (Fsp3) is 1.00. The fourth-order valence-corrected chi connectivity index (χ4v) is 6.06. The second-order valence-electron chi connectivity index (χ2n) is 7.57. The summed E-state index contributed by atoms with van der Waals surface area (Å²) in [7, 11) is -3.07. The van der Waals surface area contributed by atoms with Crippen molar-refractivity contribution in [2.75, 3.05) is 45.9 Å². The normalized spacial score (nSPS) is 36.4. The van der Waals surface area contributed by atoms with Crippen LogP contribution in [0.5, 0.6) is 0 Å². The predicted molar refractivity (Wildman–Crippen MR) is 86.8 cm³/mol. The fourth-order valence-electron chi connectivity index (χ4n) is 4.15. The van der Waals surface area contributed by atoms with E-state index in [0.29, 0.717) is 19.7 Å². The molecule has 0 amide bonds. The van der Waals surface area contributed by atoms with Gasteiger partial charge in [0.2, 0.25) is 10.0 Å². The van der Waals surface area contributed by atoms with Crippen LogP contribution in [0.2, 0.25) is 0 Å². The highest BCUT2D eigenvalue weighted by Crippen LogP contribution is 2.40. The first-order chi connectivity index (χ1) is 11.1. The number of hydrogen-bond donors (Lipinski definition) is 0. The van der Waals surface area contributed by atoms with Gasteiger partial charge in [0.1, 0.15) is 0 Å². The Hall–Kier alpha value is -0.210. The Labute approximate surface area is 139 Å². The van der Waals surface area contributed by atoms with Gasteiger partial charge < -0.3 is 14.4 Å². The van der Waals surface area contributed by atoms with Crippen LogP contribution in [-0.4, -0.2) is 80.5 Å². The smallest absolute Gasteiger partial charge is 0.217 e. The predicted octanol–water partition coefficient (Wildman–Crippen LogP) is 0.824. The Balaban J connectivity index is 1.25. The van der Waals surface area contributed by atoms with Crippen LogP contribution >= 0.6 is 0 Å². The molecule has 4 fully saturated rings. The SMILES string of the molecule is O=S(=O)(C1CC1)N1CC[C@]2(C[C@@H](OCCN3CCCC3)CO2)C1. The van der Waals surface area contributed by atoms with E-state index in [4.69, 9.17) is 9.47 Å². The maximum atomic E-state index is 12.4. The Bertz CT molecular complexity index is 530. The minimum Gasteiger partial charge on any atom is -0.374 e. The van der Waals surface area contributed by atoms with E-state index in [0.717, 1.165) is 38.8 Å². The van der Waals surface area contributed by atoms with Crippen LogP contribution in [0.25, 0.3) is 0 Å². The lowest BCUT2D eigenvalue weighted by Crippen LogP contribution is -2.37. The van der Waals surface area contributed by atoms with E-state index in [2.05, 4.69) is 4.90 Å². The van der Waals surface area contributed by atoms with Gasteiger partial charge in [-0.15, -0.1) is 0 Å². The molecular formula is C16H28N2O4S. The van der Waals surface area contributed by atoms with E-state index < -0.39 is 10.0 Å². The molecule has 1 saturated carbocycles. The second-order valence-corrected chi connectivity index (χ2v) is 9.78. The summed E-state index contributed by atoms with van der Waals surface area (Å²) in [5.74, 6) is 0. The van der Waals surface area contributed by atoms with Crippen LogP contribution in [0.15, 0.2) is 0 Å². The van der Waals surface area contributed by atoms with Gasteiger partial charge >= 0.3 is 0 Å². The highest BCUT2D eigenvalue weighted by Gasteiger charge is 2.51. The third-order valence-electron chi connectivity index (χ3n) is 5.72. The van der Waals surface area contributed by atoms with Crippen molar-refractivity contribution in [3.05, 3.63) is 0 Å². The number of rotatable bonds is 6. The second kappa shape index (κ2) is 6.26. The maximum absolute atomic E-state index is 12.4. The molecule has 0 aromatic carbocycles. The summed E-state index contributed by atoms with van der Waals surface area (Å²) in [5.41, 5.74) is -0.291. The summed E-state index contributed by atoms with van der Waals surface area (Å²) in [5, 5.41) is -0.119. The molecule has 23 heavy (non-hydrogen) atoms. The summed E-state index contributed by atoms with van der Waals surface area (Å²) >= 11 is 0. The largest absolute Gasteiger partial charge is 0.374 e. The average Bonchev–Trinajstić information content (AvgIpc) is 2.97. The van der Waals surface area contributed by atoms with E-state index in [1.54, 1.807) is 4.31 Å². The van der Waals surface area contributed by atoms with Crippen molar-refractivity contribution < 1.29 is 17.9 Å². The number of sulfonamides is 1. The lowest BCUT2D eigenvalue weighted by molar-refractivity contribution is 0.00354. The Morgan fingerprint density at radius 1 is 1.17 bits per heavy atom. The van der Waals surface area contributed by atoms with Crippen LogP contribution in [0.1, 0.15) is 38.5 Å². The van der Waals surface area contributed by atoms with Crippen LogP contribution in [0.3, 0.4) is 0 Å². The van der Waals surface area contributed by atoms with Crippen LogP contribution in [0, 0.1) is 0 Å². The van der Waals surface area contributed by atoms with Gasteiger partial charge in [0.05, 0.1) is 30.2 Å². The maximum Gasteiger partial charge on any atom is 0.217 e. The molecule has 4 rings (SSSR count). The van der Waals surface area contributed by atoms with E-state index in [9.17, 15) is 8.42 Å². The average molecular weight is 344 g/mol. The quantitative estimate of drug-likeness (QED) is 0.714. The molecule has 1 spiro atoms. The van der Waals surface area contributed by atoms with Crippen molar-refractivity contribution >= 4 is 10.0 Å². The molecule has 7 heteroatoms. The zero-order valence-corrected chi connectivity index (χ0v) is 14.6. The van der Waals surface area contributed by atoms with Crippen molar-refractivity contribution in [3.8, 4) is 0 Å². The summed E-state index contributed by atoms with van der Waals surface area (Å²) in [4.78, 5) is 2.45. The molecule has 0 unspecified atom stereocenters. The number of ether oxygens (including phenoxy) is 2. The zero-order chi connectivity index (χ0) is 15.9. The lowest BCUT2D eigenvalue weighted by Gasteiger charge is -2.23. The Morgan fingerprint density at radius 3 is 2.70 bits per heavy atom. The van der Waals surface area contributed by atoms with Crippen molar-refractivity contribution in [1.82, 2.24) is 9.21 Å². The molecular weight excluding hydrogens is 316 g/mol. The molecule has 6 nitrogen and oxygen atoms in total. The van der Waals surface area contributed by atoms with Crippen molar-refractivity contribution in [2.24, 2.45) is 0 Å². The third-order valence-corrected chi connectivity index (χ3v) is 8.07. The summed E-state index contributed by atoms with van der Waals surface area (Å²) in [6, 6.07) is 0. The van der Waals surface area contributed by atoms with Gasteiger partial charge in [-0.3, -0.25) is 0 Å². The van der Waals surface area contributed by atoms with Crippen molar-refractivity contribution in [2.45, 2.75) is 55.5 Å². The highest BCUT2D eigenvalue weighted by molar-refractivity contribution is 7.90. The van der Waals surface area contributed by atoms with Gasteiger partial charge in [0.15, 0.2) is 0 Å². The lowest BCUT2D eigenvalue weighted by atomic mass is 9.98. The minimum absolute atomic E-state index is 0.119. The summed E-state index contributed by atoms with van der Waals surface area (Å²) in [6.45, 7) is 5.90. The molecule has 0 aromatic rings. The molecule has 3 saturated heterocycles. The first kappa shape index (κ1) is 16.3.